The normalized spacial score (nSPS) is 20.7. The third-order valence-corrected chi connectivity index (χ3v) is 7.77. The van der Waals surface area contributed by atoms with Gasteiger partial charge in [0.05, 0.1) is 17.7 Å². The molecule has 0 unspecified atom stereocenters. The lowest BCUT2D eigenvalue weighted by Gasteiger charge is -2.29. The Bertz CT molecular complexity index is 1320. The maximum Gasteiger partial charge on any atom is 0.290 e. The number of benzene rings is 2. The van der Waals surface area contributed by atoms with Crippen LogP contribution in [0.1, 0.15) is 42.8 Å². The van der Waals surface area contributed by atoms with Crippen molar-refractivity contribution in [2.24, 2.45) is 5.92 Å². The standard InChI is InChI=1S/C29H30N4O3S/c1-36-25-9-5-4-8-24(25)23-7-3-2-6-20(23)18-31-21-12-10-19(11-13-21)16-27-30-15-14-22(32-27)17-26-28(34)33-29(35)37-26/h2-9,14-15,17,19,21,31H,10-13,16,18H2,1H3,(H,33,34,35)/b26-17-. The van der Waals surface area contributed by atoms with E-state index in [0.29, 0.717) is 22.6 Å². The Morgan fingerprint density at radius 2 is 1.78 bits per heavy atom. The van der Waals surface area contributed by atoms with E-state index in [1.165, 1.54) is 11.1 Å². The van der Waals surface area contributed by atoms with E-state index in [9.17, 15) is 9.59 Å². The van der Waals surface area contributed by atoms with Crippen LogP contribution in [0.15, 0.2) is 65.7 Å². The Balaban J connectivity index is 1.15. The molecule has 2 N–H and O–H groups in total. The van der Waals surface area contributed by atoms with E-state index in [2.05, 4.69) is 50.9 Å². The van der Waals surface area contributed by atoms with Crippen molar-refractivity contribution in [3.8, 4) is 16.9 Å². The van der Waals surface area contributed by atoms with Gasteiger partial charge in [0.2, 0.25) is 0 Å². The van der Waals surface area contributed by atoms with Gasteiger partial charge in [-0.1, -0.05) is 42.5 Å². The number of carbonyl (C=O) groups is 2. The zero-order chi connectivity index (χ0) is 25.6. The highest BCUT2D eigenvalue weighted by atomic mass is 32.2. The number of ether oxygens (including phenoxy) is 1. The van der Waals surface area contributed by atoms with Gasteiger partial charge in [-0.3, -0.25) is 14.9 Å². The van der Waals surface area contributed by atoms with Crippen LogP contribution in [0, 0.1) is 5.92 Å². The van der Waals surface area contributed by atoms with Crippen LogP contribution >= 0.6 is 11.8 Å². The summed E-state index contributed by atoms with van der Waals surface area (Å²) < 4.78 is 5.59. The van der Waals surface area contributed by atoms with Crippen molar-refractivity contribution in [2.45, 2.75) is 44.7 Å². The molecule has 2 fully saturated rings. The minimum absolute atomic E-state index is 0.348. The Hall–Kier alpha value is -3.49. The highest BCUT2D eigenvalue weighted by molar-refractivity contribution is 8.18. The topological polar surface area (TPSA) is 93.2 Å². The molecule has 1 saturated carbocycles. The predicted octanol–water partition coefficient (Wildman–Crippen LogP) is 5.37. The fourth-order valence-electron chi connectivity index (χ4n) is 5.04. The van der Waals surface area contributed by atoms with Crippen LogP contribution in [-0.2, 0) is 17.8 Å². The van der Waals surface area contributed by atoms with Crippen LogP contribution in [0.3, 0.4) is 0 Å². The van der Waals surface area contributed by atoms with Crippen molar-refractivity contribution >= 4 is 29.0 Å². The van der Waals surface area contributed by atoms with Crippen molar-refractivity contribution in [1.29, 1.82) is 0 Å². The lowest BCUT2D eigenvalue weighted by Crippen LogP contribution is -2.33. The molecule has 1 saturated heterocycles. The molecule has 37 heavy (non-hydrogen) atoms. The smallest absolute Gasteiger partial charge is 0.290 e. The van der Waals surface area contributed by atoms with Gasteiger partial charge in [-0.15, -0.1) is 0 Å². The van der Waals surface area contributed by atoms with E-state index in [0.717, 1.165) is 67.5 Å². The molecular weight excluding hydrogens is 484 g/mol. The van der Waals surface area contributed by atoms with Gasteiger partial charge in [-0.05, 0) is 72.7 Å². The Kier molecular flexibility index (Phi) is 7.96. The number of aromatic nitrogens is 2. The zero-order valence-electron chi connectivity index (χ0n) is 20.8. The summed E-state index contributed by atoms with van der Waals surface area (Å²) in [7, 11) is 1.71. The minimum atomic E-state index is -0.369. The molecule has 8 heteroatoms. The number of carbonyl (C=O) groups excluding carboxylic acids is 2. The molecule has 7 nitrogen and oxygen atoms in total. The molecule has 5 rings (SSSR count). The van der Waals surface area contributed by atoms with E-state index >= 15 is 0 Å². The van der Waals surface area contributed by atoms with Crippen molar-refractivity contribution in [3.63, 3.8) is 0 Å². The maximum absolute atomic E-state index is 11.8. The van der Waals surface area contributed by atoms with Crippen molar-refractivity contribution in [3.05, 3.63) is 82.8 Å². The number of imide groups is 1. The molecule has 0 radical (unpaired) electrons. The SMILES string of the molecule is COc1ccccc1-c1ccccc1CNC1CCC(Cc2nccc(/C=C3\SC(=O)NC3=O)n2)CC1. The van der Waals surface area contributed by atoms with Gasteiger partial charge in [0.15, 0.2) is 0 Å². The average Bonchev–Trinajstić information content (AvgIpc) is 3.24. The number of para-hydroxylation sites is 1. The maximum atomic E-state index is 11.8. The number of rotatable bonds is 8. The summed E-state index contributed by atoms with van der Waals surface area (Å²) in [5.41, 5.74) is 4.24. The minimum Gasteiger partial charge on any atom is -0.496 e. The van der Waals surface area contributed by atoms with Gasteiger partial charge in [-0.2, -0.15) is 0 Å². The first-order chi connectivity index (χ1) is 18.1. The lowest BCUT2D eigenvalue weighted by molar-refractivity contribution is -0.115. The van der Waals surface area contributed by atoms with Crippen LogP contribution < -0.4 is 15.4 Å². The van der Waals surface area contributed by atoms with Crippen molar-refractivity contribution in [2.75, 3.05) is 7.11 Å². The molecule has 0 bridgehead atoms. The van der Waals surface area contributed by atoms with E-state index in [-0.39, 0.29) is 11.1 Å². The fraction of sp³-hybridized carbons (Fsp3) is 0.310. The second-order valence-electron chi connectivity index (χ2n) is 9.41. The summed E-state index contributed by atoms with van der Waals surface area (Å²) in [6.45, 7) is 0.817. The second-order valence-corrected chi connectivity index (χ2v) is 10.4. The number of hydrogen-bond acceptors (Lipinski definition) is 7. The quantitative estimate of drug-likeness (QED) is 0.391. The van der Waals surface area contributed by atoms with Crippen LogP contribution in [0.25, 0.3) is 17.2 Å². The first-order valence-electron chi connectivity index (χ1n) is 12.6. The van der Waals surface area contributed by atoms with Crippen LogP contribution in [0.2, 0.25) is 0 Å². The van der Waals surface area contributed by atoms with E-state index < -0.39 is 0 Å². The summed E-state index contributed by atoms with van der Waals surface area (Å²) in [6.07, 6.45) is 8.66. The van der Waals surface area contributed by atoms with Gasteiger partial charge in [0.25, 0.3) is 11.1 Å². The number of thioether (sulfide) groups is 1. The molecule has 2 heterocycles. The molecule has 3 aromatic rings. The molecule has 0 atom stereocenters. The summed E-state index contributed by atoms with van der Waals surface area (Å²) in [5, 5.41) is 5.70. The third kappa shape index (κ3) is 6.26. The van der Waals surface area contributed by atoms with E-state index in [1.807, 2.05) is 18.2 Å². The summed E-state index contributed by atoms with van der Waals surface area (Å²) >= 11 is 0.902. The number of methoxy groups -OCH3 is 1. The Morgan fingerprint density at radius 1 is 1.03 bits per heavy atom. The van der Waals surface area contributed by atoms with Gasteiger partial charge in [0.1, 0.15) is 11.6 Å². The number of hydrogen-bond donors (Lipinski definition) is 2. The number of amides is 2. The molecule has 2 amide bonds. The van der Waals surface area contributed by atoms with Crippen LogP contribution in [0.4, 0.5) is 4.79 Å². The summed E-state index contributed by atoms with van der Waals surface area (Å²) in [5.74, 6) is 1.84. The zero-order valence-corrected chi connectivity index (χ0v) is 21.6. The highest BCUT2D eigenvalue weighted by Crippen LogP contribution is 2.33. The first-order valence-corrected chi connectivity index (χ1v) is 13.4. The Morgan fingerprint density at radius 3 is 2.54 bits per heavy atom. The highest BCUT2D eigenvalue weighted by Gasteiger charge is 2.26. The largest absolute Gasteiger partial charge is 0.496 e. The lowest BCUT2D eigenvalue weighted by atomic mass is 9.84. The number of nitrogens with one attached hydrogen (secondary N) is 2. The molecular formula is C29H30N4O3S. The molecule has 2 aromatic carbocycles. The second kappa shape index (κ2) is 11.7. The van der Waals surface area contributed by atoms with Gasteiger partial charge >= 0.3 is 0 Å². The van der Waals surface area contributed by atoms with Crippen molar-refractivity contribution in [1.82, 2.24) is 20.6 Å². The first kappa shape index (κ1) is 25.2. The molecule has 2 aliphatic rings. The molecule has 1 aromatic heterocycles. The van der Waals surface area contributed by atoms with Crippen LogP contribution in [-0.4, -0.2) is 34.3 Å². The molecule has 1 aliphatic heterocycles. The third-order valence-electron chi connectivity index (χ3n) is 6.96. The predicted molar refractivity (Wildman–Crippen MR) is 146 cm³/mol. The summed E-state index contributed by atoms with van der Waals surface area (Å²) in [6, 6.07) is 18.9. The van der Waals surface area contributed by atoms with Gasteiger partial charge < -0.3 is 10.1 Å². The van der Waals surface area contributed by atoms with Crippen molar-refractivity contribution < 1.29 is 14.3 Å². The summed E-state index contributed by atoms with van der Waals surface area (Å²) in [4.78, 5) is 32.6. The fourth-order valence-corrected chi connectivity index (χ4v) is 5.70. The monoisotopic (exact) mass is 514 g/mol. The number of nitrogens with zero attached hydrogens (tertiary/aromatic N) is 2. The van der Waals surface area contributed by atoms with Crippen LogP contribution in [0.5, 0.6) is 5.75 Å². The van der Waals surface area contributed by atoms with E-state index in [1.54, 1.807) is 25.4 Å². The average molecular weight is 515 g/mol. The van der Waals surface area contributed by atoms with Gasteiger partial charge in [0, 0.05) is 30.8 Å². The Labute approximate surface area is 221 Å². The molecule has 0 spiro atoms. The van der Waals surface area contributed by atoms with E-state index in [4.69, 9.17) is 4.74 Å². The molecule has 1 aliphatic carbocycles. The van der Waals surface area contributed by atoms with Gasteiger partial charge in [-0.25, -0.2) is 9.97 Å². The molecule has 190 valence electrons.